The number of hydrogen-bond acceptors (Lipinski definition) is 5. The van der Waals surface area contributed by atoms with Gasteiger partial charge in [-0.05, 0) is 42.9 Å². The van der Waals surface area contributed by atoms with Crippen LogP contribution in [0.2, 0.25) is 0 Å². The number of amides is 2. The molecule has 0 bridgehead atoms. The molecule has 0 fully saturated rings. The first-order valence-corrected chi connectivity index (χ1v) is 10.1. The number of benzene rings is 1. The zero-order valence-corrected chi connectivity index (χ0v) is 17.2. The minimum Gasteiger partial charge on any atom is -0.480 e. The smallest absolute Gasteiger partial charge is 0.320 e. The fourth-order valence-corrected chi connectivity index (χ4v) is 2.95. The highest BCUT2D eigenvalue weighted by Gasteiger charge is 2.18. The number of carboxylic acids is 1. The van der Waals surface area contributed by atoms with Crippen molar-refractivity contribution in [3.05, 3.63) is 29.8 Å². The van der Waals surface area contributed by atoms with Crippen molar-refractivity contribution in [1.82, 2.24) is 10.8 Å². The van der Waals surface area contributed by atoms with Crippen LogP contribution in [0.5, 0.6) is 0 Å². The summed E-state index contributed by atoms with van der Waals surface area (Å²) in [5.74, 6) is -1.05. The van der Waals surface area contributed by atoms with E-state index in [-0.39, 0.29) is 18.2 Å². The number of nitrogens with one attached hydrogen (secondary N) is 3. The first-order valence-electron chi connectivity index (χ1n) is 10.1. The lowest BCUT2D eigenvalue weighted by Crippen LogP contribution is -2.37. The summed E-state index contributed by atoms with van der Waals surface area (Å²) >= 11 is 0. The van der Waals surface area contributed by atoms with E-state index in [2.05, 4.69) is 10.6 Å². The van der Waals surface area contributed by atoms with Crippen LogP contribution in [0.3, 0.4) is 0 Å². The Kier molecular flexibility index (Phi) is 11.6. The summed E-state index contributed by atoms with van der Waals surface area (Å²) in [6, 6.07) is 6.76. The van der Waals surface area contributed by atoms with Crippen LogP contribution in [0.15, 0.2) is 24.3 Å². The monoisotopic (exact) mass is 407 g/mol. The fraction of sp³-hybridized carbons (Fsp3) is 0.571. The third-order valence-electron chi connectivity index (χ3n) is 4.45. The summed E-state index contributed by atoms with van der Waals surface area (Å²) in [7, 11) is 0. The highest BCUT2D eigenvalue weighted by molar-refractivity contribution is 5.90. The van der Waals surface area contributed by atoms with Crippen molar-refractivity contribution in [2.24, 2.45) is 5.92 Å². The van der Waals surface area contributed by atoms with Crippen molar-refractivity contribution in [2.75, 3.05) is 5.32 Å². The van der Waals surface area contributed by atoms with Crippen molar-refractivity contribution in [3.8, 4) is 0 Å². The number of aliphatic carboxylic acids is 1. The maximum atomic E-state index is 12.1. The summed E-state index contributed by atoms with van der Waals surface area (Å²) < 4.78 is 0. The van der Waals surface area contributed by atoms with Crippen LogP contribution in [-0.2, 0) is 20.9 Å². The Bertz CT molecular complexity index is 663. The topological polar surface area (TPSA) is 128 Å². The summed E-state index contributed by atoms with van der Waals surface area (Å²) in [6.45, 7) is 4.38. The van der Waals surface area contributed by atoms with Gasteiger partial charge in [0.15, 0.2) is 0 Å². The van der Waals surface area contributed by atoms with Gasteiger partial charge in [0.2, 0.25) is 11.8 Å². The maximum Gasteiger partial charge on any atom is 0.320 e. The second kappa shape index (κ2) is 13.7. The molecule has 0 saturated carbocycles. The average Bonchev–Trinajstić information content (AvgIpc) is 2.67. The van der Waals surface area contributed by atoms with Crippen molar-refractivity contribution >= 4 is 23.5 Å². The van der Waals surface area contributed by atoms with Crippen LogP contribution in [0.1, 0.15) is 64.4 Å². The number of hydrogen-bond donors (Lipinski definition) is 5. The van der Waals surface area contributed by atoms with E-state index in [1.807, 2.05) is 32.0 Å². The van der Waals surface area contributed by atoms with Crippen LogP contribution >= 0.6 is 0 Å². The molecule has 0 aromatic heterocycles. The Hall–Kier alpha value is -2.45. The van der Waals surface area contributed by atoms with Gasteiger partial charge in [-0.15, -0.1) is 0 Å². The van der Waals surface area contributed by atoms with Gasteiger partial charge in [0.1, 0.15) is 6.04 Å². The molecule has 0 aliphatic rings. The first kappa shape index (κ1) is 24.6. The number of rotatable bonds is 14. The van der Waals surface area contributed by atoms with Gasteiger partial charge in [-0.25, -0.2) is 5.48 Å². The van der Waals surface area contributed by atoms with Gasteiger partial charge in [-0.1, -0.05) is 38.8 Å². The molecule has 8 nitrogen and oxygen atoms in total. The van der Waals surface area contributed by atoms with E-state index in [1.165, 1.54) is 0 Å². The molecule has 0 heterocycles. The van der Waals surface area contributed by atoms with Crippen LogP contribution in [0.25, 0.3) is 0 Å². The number of unbranched alkanes of at least 4 members (excludes halogenated alkanes) is 3. The van der Waals surface area contributed by atoms with Crippen molar-refractivity contribution in [2.45, 2.75) is 71.4 Å². The number of carbonyl (C=O) groups excluding carboxylic acids is 2. The molecular formula is C21H33N3O5. The highest BCUT2D eigenvalue weighted by atomic mass is 16.5. The van der Waals surface area contributed by atoms with E-state index >= 15 is 0 Å². The molecule has 1 rings (SSSR count). The van der Waals surface area contributed by atoms with E-state index in [0.29, 0.717) is 31.5 Å². The fourth-order valence-electron chi connectivity index (χ4n) is 2.95. The third-order valence-corrected chi connectivity index (χ3v) is 4.45. The average molecular weight is 408 g/mol. The third kappa shape index (κ3) is 11.2. The Labute approximate surface area is 172 Å². The number of carboxylic acid groups (broad SMARTS) is 1. The minimum atomic E-state index is -0.861. The van der Waals surface area contributed by atoms with Crippen molar-refractivity contribution in [3.63, 3.8) is 0 Å². The lowest BCUT2D eigenvalue weighted by molar-refractivity contribution is -0.140. The molecule has 0 aliphatic heterocycles. The van der Waals surface area contributed by atoms with E-state index < -0.39 is 17.9 Å². The summed E-state index contributed by atoms with van der Waals surface area (Å²) in [5, 5.41) is 23.6. The molecule has 0 spiro atoms. The van der Waals surface area contributed by atoms with Crippen LogP contribution in [-0.4, -0.2) is 34.1 Å². The summed E-state index contributed by atoms with van der Waals surface area (Å²) in [4.78, 5) is 34.3. The van der Waals surface area contributed by atoms with Gasteiger partial charge >= 0.3 is 5.97 Å². The molecule has 0 radical (unpaired) electrons. The lowest BCUT2D eigenvalue weighted by atomic mass is 10.0. The van der Waals surface area contributed by atoms with Gasteiger partial charge in [0.05, 0.1) is 0 Å². The normalized spacial score (nSPS) is 11.9. The molecule has 1 aromatic rings. The Morgan fingerprint density at radius 2 is 1.66 bits per heavy atom. The number of carbonyl (C=O) groups is 3. The van der Waals surface area contributed by atoms with Crippen LogP contribution < -0.4 is 16.1 Å². The van der Waals surface area contributed by atoms with Crippen molar-refractivity contribution in [1.29, 1.82) is 0 Å². The summed E-state index contributed by atoms with van der Waals surface area (Å²) in [5.41, 5.74) is 3.19. The molecule has 162 valence electrons. The van der Waals surface area contributed by atoms with Gasteiger partial charge in [0, 0.05) is 25.1 Å². The number of hydroxylamine groups is 1. The predicted molar refractivity (Wildman–Crippen MR) is 110 cm³/mol. The molecule has 1 atom stereocenters. The molecule has 0 unspecified atom stereocenters. The Balaban J connectivity index is 2.37. The second-order valence-corrected chi connectivity index (χ2v) is 7.60. The van der Waals surface area contributed by atoms with Gasteiger partial charge in [-0.2, -0.15) is 0 Å². The largest absolute Gasteiger partial charge is 0.480 e. The van der Waals surface area contributed by atoms with E-state index in [1.54, 1.807) is 11.5 Å². The molecular weight excluding hydrogens is 374 g/mol. The van der Waals surface area contributed by atoms with Crippen LogP contribution in [0.4, 0.5) is 5.69 Å². The molecule has 1 aromatic carbocycles. The Morgan fingerprint density at radius 3 is 2.24 bits per heavy atom. The van der Waals surface area contributed by atoms with Gasteiger partial charge in [-0.3, -0.25) is 19.6 Å². The molecule has 29 heavy (non-hydrogen) atoms. The zero-order chi connectivity index (χ0) is 21.6. The standard InChI is InChI=1S/C21H33N3O5/c1-15(2)12-18(21(27)28)22-14-16-8-7-9-17(13-16)23-19(25)10-5-3-4-6-11-20(26)24-29/h7-9,13,15,18,22,29H,3-6,10-12,14H2,1-2H3,(H,23,25)(H,24,26)(H,27,28)/t18-/m0/s1. The lowest BCUT2D eigenvalue weighted by Gasteiger charge is -2.16. The SMILES string of the molecule is CC(C)C[C@H](NCc1cccc(NC(=O)CCCCCCC(=O)NO)c1)C(=O)O. The summed E-state index contributed by atoms with van der Waals surface area (Å²) in [6.07, 6.45) is 4.29. The van der Waals surface area contributed by atoms with Crippen LogP contribution in [0, 0.1) is 5.92 Å². The zero-order valence-electron chi connectivity index (χ0n) is 17.2. The quantitative estimate of drug-likeness (QED) is 0.183. The first-order chi connectivity index (χ1) is 13.8. The minimum absolute atomic E-state index is 0.0774. The highest BCUT2D eigenvalue weighted by Crippen LogP contribution is 2.13. The molecule has 5 N–H and O–H groups in total. The van der Waals surface area contributed by atoms with Crippen molar-refractivity contribution < 1.29 is 24.7 Å². The molecule has 0 saturated heterocycles. The van der Waals surface area contributed by atoms with E-state index in [9.17, 15) is 19.5 Å². The number of anilines is 1. The molecule has 2 amide bonds. The predicted octanol–water partition coefficient (Wildman–Crippen LogP) is 3.06. The maximum absolute atomic E-state index is 12.1. The van der Waals surface area contributed by atoms with Gasteiger partial charge < -0.3 is 15.7 Å². The van der Waals surface area contributed by atoms with E-state index in [4.69, 9.17) is 5.21 Å². The molecule has 8 heteroatoms. The second-order valence-electron chi connectivity index (χ2n) is 7.60. The molecule has 0 aliphatic carbocycles. The van der Waals surface area contributed by atoms with E-state index in [0.717, 1.165) is 24.8 Å². The van der Waals surface area contributed by atoms with Gasteiger partial charge in [0.25, 0.3) is 0 Å². The Morgan fingerprint density at radius 1 is 1.00 bits per heavy atom.